The number of nitrogens with one attached hydrogen (secondary N) is 2. The van der Waals surface area contributed by atoms with Crippen LogP contribution in [0.1, 0.15) is 28.1 Å². The zero-order chi connectivity index (χ0) is 20.8. The van der Waals surface area contributed by atoms with E-state index in [1.54, 1.807) is 18.2 Å². The molecule has 154 valence electrons. The van der Waals surface area contributed by atoms with Crippen LogP contribution in [0.15, 0.2) is 60.0 Å². The Kier molecular flexibility index (Phi) is 6.29. The first kappa shape index (κ1) is 20.0. The molecule has 2 aromatic carbocycles. The van der Waals surface area contributed by atoms with Crippen LogP contribution in [0.2, 0.25) is 0 Å². The Morgan fingerprint density at radius 2 is 1.67 bits per heavy atom. The minimum absolute atomic E-state index is 0.125. The molecule has 0 spiro atoms. The van der Waals surface area contributed by atoms with Gasteiger partial charge in [0.15, 0.2) is 11.5 Å². The first-order valence-corrected chi connectivity index (χ1v) is 10.7. The fraction of sp³-hybridized carbons (Fsp3) is 0.217. The number of hydrogen-bond acceptors (Lipinski definition) is 5. The number of anilines is 2. The van der Waals surface area contributed by atoms with Crippen molar-refractivity contribution in [1.29, 1.82) is 0 Å². The molecular formula is C23H22N2O4S. The zero-order valence-corrected chi connectivity index (χ0v) is 17.2. The summed E-state index contributed by atoms with van der Waals surface area (Å²) in [6.07, 6.45) is 1.74. The molecule has 7 heteroatoms. The SMILES string of the molecule is O=C(CCc1ccc2c(c1)OCCCO2)Nc1ccccc1NC(=O)c1cccs1. The van der Waals surface area contributed by atoms with Crippen LogP contribution < -0.4 is 20.1 Å². The third kappa shape index (κ3) is 4.99. The smallest absolute Gasteiger partial charge is 0.265 e. The fourth-order valence-electron chi connectivity index (χ4n) is 3.13. The Morgan fingerprint density at radius 1 is 0.900 bits per heavy atom. The van der Waals surface area contributed by atoms with Gasteiger partial charge in [-0.25, -0.2) is 0 Å². The van der Waals surface area contributed by atoms with E-state index < -0.39 is 0 Å². The van der Waals surface area contributed by atoms with E-state index >= 15 is 0 Å². The van der Waals surface area contributed by atoms with E-state index in [2.05, 4.69) is 10.6 Å². The van der Waals surface area contributed by atoms with Gasteiger partial charge in [0, 0.05) is 12.8 Å². The maximum absolute atomic E-state index is 12.5. The molecule has 0 unspecified atom stereocenters. The summed E-state index contributed by atoms with van der Waals surface area (Å²) >= 11 is 1.37. The molecule has 2 heterocycles. The number of benzene rings is 2. The van der Waals surface area contributed by atoms with E-state index in [1.165, 1.54) is 11.3 Å². The molecule has 4 rings (SSSR count). The average molecular weight is 423 g/mol. The maximum atomic E-state index is 12.5. The Balaban J connectivity index is 1.36. The number of ether oxygens (including phenoxy) is 2. The zero-order valence-electron chi connectivity index (χ0n) is 16.4. The van der Waals surface area contributed by atoms with Gasteiger partial charge in [0.05, 0.1) is 29.5 Å². The minimum atomic E-state index is -0.195. The minimum Gasteiger partial charge on any atom is -0.490 e. The van der Waals surface area contributed by atoms with E-state index in [0.29, 0.717) is 42.3 Å². The van der Waals surface area contributed by atoms with E-state index in [-0.39, 0.29) is 11.8 Å². The number of carbonyl (C=O) groups excluding carboxylic acids is 2. The molecule has 0 atom stereocenters. The quantitative estimate of drug-likeness (QED) is 0.602. The van der Waals surface area contributed by atoms with Crippen LogP contribution in [0, 0.1) is 0 Å². The Morgan fingerprint density at radius 3 is 2.43 bits per heavy atom. The second kappa shape index (κ2) is 9.45. The van der Waals surface area contributed by atoms with Gasteiger partial charge in [0.2, 0.25) is 5.91 Å². The monoisotopic (exact) mass is 422 g/mol. The molecule has 0 radical (unpaired) electrons. The summed E-state index contributed by atoms with van der Waals surface area (Å²) < 4.78 is 11.4. The van der Waals surface area contributed by atoms with Gasteiger partial charge in [-0.2, -0.15) is 0 Å². The van der Waals surface area contributed by atoms with Gasteiger partial charge in [-0.1, -0.05) is 24.3 Å². The van der Waals surface area contributed by atoms with Crippen LogP contribution in [0.3, 0.4) is 0 Å². The van der Waals surface area contributed by atoms with E-state index in [0.717, 1.165) is 23.5 Å². The topological polar surface area (TPSA) is 76.7 Å². The number of rotatable bonds is 6. The lowest BCUT2D eigenvalue weighted by Gasteiger charge is -2.12. The number of para-hydroxylation sites is 2. The van der Waals surface area contributed by atoms with Gasteiger partial charge in [-0.3, -0.25) is 9.59 Å². The van der Waals surface area contributed by atoms with Crippen LogP contribution in [-0.2, 0) is 11.2 Å². The molecule has 30 heavy (non-hydrogen) atoms. The van der Waals surface area contributed by atoms with Crippen LogP contribution in [0.4, 0.5) is 11.4 Å². The Hall–Kier alpha value is -3.32. The fourth-order valence-corrected chi connectivity index (χ4v) is 3.75. The van der Waals surface area contributed by atoms with Crippen molar-refractivity contribution in [2.24, 2.45) is 0 Å². The van der Waals surface area contributed by atoms with Crippen molar-refractivity contribution in [3.05, 3.63) is 70.4 Å². The number of fused-ring (bicyclic) bond motifs is 1. The molecule has 0 saturated carbocycles. The Bertz CT molecular complexity index is 1030. The molecule has 2 amide bonds. The number of amides is 2. The molecule has 1 aliphatic rings. The summed E-state index contributed by atoms with van der Waals surface area (Å²) in [5.41, 5.74) is 2.15. The van der Waals surface area contributed by atoms with Crippen LogP contribution in [0.25, 0.3) is 0 Å². The van der Waals surface area contributed by atoms with Crippen LogP contribution >= 0.6 is 11.3 Å². The van der Waals surface area contributed by atoms with Gasteiger partial charge in [-0.05, 0) is 47.7 Å². The van der Waals surface area contributed by atoms with Crippen molar-refractivity contribution in [3.63, 3.8) is 0 Å². The first-order valence-electron chi connectivity index (χ1n) is 9.81. The molecule has 0 aliphatic carbocycles. The number of carbonyl (C=O) groups is 2. The van der Waals surface area contributed by atoms with Gasteiger partial charge in [-0.15, -0.1) is 11.3 Å². The Labute approximate surface area is 178 Å². The predicted molar refractivity (Wildman–Crippen MR) is 118 cm³/mol. The van der Waals surface area contributed by atoms with Gasteiger partial charge < -0.3 is 20.1 Å². The lowest BCUT2D eigenvalue weighted by atomic mass is 10.1. The molecule has 3 aromatic rings. The highest BCUT2D eigenvalue weighted by Crippen LogP contribution is 2.31. The number of thiophene rings is 1. The van der Waals surface area contributed by atoms with E-state index in [9.17, 15) is 9.59 Å². The molecule has 2 N–H and O–H groups in total. The van der Waals surface area contributed by atoms with Gasteiger partial charge >= 0.3 is 0 Å². The largest absolute Gasteiger partial charge is 0.490 e. The summed E-state index contributed by atoms with van der Waals surface area (Å²) in [6.45, 7) is 1.28. The van der Waals surface area contributed by atoms with Crippen molar-refractivity contribution in [2.75, 3.05) is 23.8 Å². The third-order valence-electron chi connectivity index (χ3n) is 4.65. The second-order valence-corrected chi connectivity index (χ2v) is 7.80. The lowest BCUT2D eigenvalue weighted by molar-refractivity contribution is -0.116. The molecule has 6 nitrogen and oxygen atoms in total. The van der Waals surface area contributed by atoms with Crippen molar-refractivity contribution >= 4 is 34.5 Å². The predicted octanol–water partition coefficient (Wildman–Crippen LogP) is 4.73. The molecule has 1 aromatic heterocycles. The molecule has 1 aliphatic heterocycles. The van der Waals surface area contributed by atoms with Crippen LogP contribution in [0.5, 0.6) is 11.5 Å². The number of hydrogen-bond donors (Lipinski definition) is 2. The van der Waals surface area contributed by atoms with Crippen molar-refractivity contribution in [3.8, 4) is 11.5 Å². The average Bonchev–Trinajstić information content (AvgIpc) is 3.20. The first-order chi connectivity index (χ1) is 14.7. The molecule has 0 fully saturated rings. The highest BCUT2D eigenvalue weighted by atomic mass is 32.1. The standard InChI is InChI=1S/C23H22N2O4S/c26-22(11-9-16-8-10-19-20(15-16)29-13-4-12-28-19)24-17-5-1-2-6-18(17)25-23(27)21-7-3-14-30-21/h1-3,5-8,10,14-15H,4,9,11-13H2,(H,24,26)(H,25,27). The molecular weight excluding hydrogens is 400 g/mol. The summed E-state index contributed by atoms with van der Waals surface area (Å²) in [5.74, 6) is 1.15. The summed E-state index contributed by atoms with van der Waals surface area (Å²) in [5, 5.41) is 7.61. The van der Waals surface area contributed by atoms with E-state index in [4.69, 9.17) is 9.47 Å². The molecule has 0 saturated heterocycles. The summed E-state index contributed by atoms with van der Waals surface area (Å²) in [4.78, 5) is 25.5. The second-order valence-electron chi connectivity index (χ2n) is 6.86. The lowest BCUT2D eigenvalue weighted by Crippen LogP contribution is -2.16. The third-order valence-corrected chi connectivity index (χ3v) is 5.52. The summed E-state index contributed by atoms with van der Waals surface area (Å²) in [7, 11) is 0. The van der Waals surface area contributed by atoms with Crippen molar-refractivity contribution < 1.29 is 19.1 Å². The number of aryl methyl sites for hydroxylation is 1. The van der Waals surface area contributed by atoms with Gasteiger partial charge in [0.1, 0.15) is 0 Å². The summed E-state index contributed by atoms with van der Waals surface area (Å²) in [6, 6.07) is 16.5. The van der Waals surface area contributed by atoms with Crippen molar-refractivity contribution in [2.45, 2.75) is 19.3 Å². The van der Waals surface area contributed by atoms with Gasteiger partial charge in [0.25, 0.3) is 5.91 Å². The molecule has 0 bridgehead atoms. The normalized spacial score (nSPS) is 12.7. The van der Waals surface area contributed by atoms with Crippen LogP contribution in [-0.4, -0.2) is 25.0 Å². The highest BCUT2D eigenvalue weighted by molar-refractivity contribution is 7.12. The van der Waals surface area contributed by atoms with E-state index in [1.807, 2.05) is 41.8 Å². The maximum Gasteiger partial charge on any atom is 0.265 e. The van der Waals surface area contributed by atoms with Crippen molar-refractivity contribution in [1.82, 2.24) is 0 Å². The highest BCUT2D eigenvalue weighted by Gasteiger charge is 2.13.